The molecule has 0 spiro atoms. The maximum Gasteiger partial charge on any atom is 0.235 e. The van der Waals surface area contributed by atoms with Crippen LogP contribution in [0.2, 0.25) is 0 Å². The molecule has 2 aliphatic heterocycles. The summed E-state index contributed by atoms with van der Waals surface area (Å²) in [4.78, 5) is 0. The normalized spacial score (nSPS) is 24.0. The van der Waals surface area contributed by atoms with E-state index in [4.69, 9.17) is 4.74 Å². The molecule has 0 fully saturated rings. The molecule has 0 amide bonds. The molecule has 0 saturated heterocycles. The molecular weight excluding hydrogens is 116 g/mol. The van der Waals surface area contributed by atoms with E-state index in [2.05, 4.69) is 5.43 Å². The topological polar surface area (TPSA) is 26.3 Å². The molecule has 0 aliphatic carbocycles. The zero-order chi connectivity index (χ0) is 6.10. The average molecular weight is 124 g/mol. The van der Waals surface area contributed by atoms with Crippen molar-refractivity contribution >= 4 is 5.71 Å². The molecule has 3 heteroatoms. The fourth-order valence-corrected chi connectivity index (χ4v) is 1.01. The van der Waals surface area contributed by atoms with Crippen molar-refractivity contribution in [1.82, 2.24) is 5.43 Å². The van der Waals surface area contributed by atoms with Gasteiger partial charge in [-0.05, 0) is 5.43 Å². The highest BCUT2D eigenvalue weighted by atomic mass is 16.5. The number of rotatable bonds is 0. The molecule has 0 aromatic heterocycles. The first-order valence-corrected chi connectivity index (χ1v) is 3.05. The van der Waals surface area contributed by atoms with Crippen LogP contribution in [-0.2, 0) is 4.74 Å². The van der Waals surface area contributed by atoms with Crippen LogP contribution >= 0.6 is 0 Å². The van der Waals surface area contributed by atoms with E-state index in [1.54, 1.807) is 0 Å². The van der Waals surface area contributed by atoms with Crippen molar-refractivity contribution in [3.8, 4) is 0 Å². The maximum atomic E-state index is 5.19. The molecule has 2 rings (SSSR count). The van der Waals surface area contributed by atoms with Gasteiger partial charge in [-0.15, -0.1) is 0 Å². The summed E-state index contributed by atoms with van der Waals surface area (Å²) in [5, 5.41) is 0. The highest BCUT2D eigenvalue weighted by Crippen LogP contribution is 1.97. The monoisotopic (exact) mass is 124 g/mol. The Bertz CT molecular complexity index is 183. The minimum atomic E-state index is 0.722. The minimum absolute atomic E-state index is 0.722. The van der Waals surface area contributed by atoms with Crippen molar-refractivity contribution in [3.05, 3.63) is 12.3 Å². The van der Waals surface area contributed by atoms with Gasteiger partial charge in [0, 0.05) is 6.08 Å². The van der Waals surface area contributed by atoms with Gasteiger partial charge < -0.3 is 4.74 Å². The predicted molar refractivity (Wildman–Crippen MR) is 32.2 cm³/mol. The zero-order valence-electron chi connectivity index (χ0n) is 5.08. The van der Waals surface area contributed by atoms with E-state index in [1.165, 1.54) is 5.71 Å². The first kappa shape index (κ1) is 4.99. The summed E-state index contributed by atoms with van der Waals surface area (Å²) in [6, 6.07) is 0. The smallest absolute Gasteiger partial charge is 0.235 e. The van der Waals surface area contributed by atoms with E-state index in [9.17, 15) is 0 Å². The van der Waals surface area contributed by atoms with E-state index >= 15 is 0 Å². The van der Waals surface area contributed by atoms with Gasteiger partial charge in [0.2, 0.25) is 5.71 Å². The zero-order valence-corrected chi connectivity index (χ0v) is 5.08. The van der Waals surface area contributed by atoms with Crippen LogP contribution in [0.1, 0.15) is 0 Å². The van der Waals surface area contributed by atoms with Crippen LogP contribution in [0.5, 0.6) is 0 Å². The number of nitrogens with zero attached hydrogens (tertiary/aromatic N) is 2. The van der Waals surface area contributed by atoms with Crippen molar-refractivity contribution < 1.29 is 9.42 Å². The van der Waals surface area contributed by atoms with Crippen LogP contribution in [0.25, 0.3) is 0 Å². The molecular formula is C6H8N2O+. The second kappa shape index (κ2) is 1.84. The van der Waals surface area contributed by atoms with Gasteiger partial charge in [0.25, 0.3) is 0 Å². The number of ether oxygens (including phenoxy) is 1. The van der Waals surface area contributed by atoms with Gasteiger partial charge in [-0.2, -0.15) is 0 Å². The first-order chi connectivity index (χ1) is 4.47. The SMILES string of the molecule is C1=CC2=[N+](CCOC2)[N]1. The van der Waals surface area contributed by atoms with Crippen molar-refractivity contribution in [2.24, 2.45) is 0 Å². The van der Waals surface area contributed by atoms with Crippen LogP contribution in [-0.4, -0.2) is 30.2 Å². The van der Waals surface area contributed by atoms with E-state index in [0.29, 0.717) is 0 Å². The maximum absolute atomic E-state index is 5.19. The van der Waals surface area contributed by atoms with E-state index in [0.717, 1.165) is 19.8 Å². The third kappa shape index (κ3) is 0.733. The molecule has 0 atom stereocenters. The van der Waals surface area contributed by atoms with Crippen LogP contribution in [0.4, 0.5) is 0 Å². The Balaban J connectivity index is 2.24. The fourth-order valence-electron chi connectivity index (χ4n) is 1.01. The molecule has 0 unspecified atom stereocenters. The van der Waals surface area contributed by atoms with Crippen molar-refractivity contribution in [3.63, 3.8) is 0 Å². The van der Waals surface area contributed by atoms with Gasteiger partial charge in [0.05, 0.1) is 0 Å². The average Bonchev–Trinajstić information content (AvgIpc) is 2.33. The fraction of sp³-hybridized carbons (Fsp3) is 0.500. The summed E-state index contributed by atoms with van der Waals surface area (Å²) >= 11 is 0. The quantitative estimate of drug-likeness (QED) is 0.400. The van der Waals surface area contributed by atoms with Crippen molar-refractivity contribution in [2.45, 2.75) is 0 Å². The van der Waals surface area contributed by atoms with Crippen LogP contribution in [0.15, 0.2) is 12.3 Å². The molecule has 3 nitrogen and oxygen atoms in total. The summed E-state index contributed by atoms with van der Waals surface area (Å²) in [7, 11) is 0. The van der Waals surface area contributed by atoms with Crippen molar-refractivity contribution in [2.75, 3.05) is 19.8 Å². The Hall–Kier alpha value is -0.830. The highest BCUT2D eigenvalue weighted by molar-refractivity contribution is 5.92. The largest absolute Gasteiger partial charge is 0.364 e. The Morgan fingerprint density at radius 2 is 2.67 bits per heavy atom. The van der Waals surface area contributed by atoms with E-state index in [-0.39, 0.29) is 0 Å². The number of hydrogen-bond donors (Lipinski definition) is 0. The third-order valence-electron chi connectivity index (χ3n) is 1.50. The Labute approximate surface area is 53.6 Å². The van der Waals surface area contributed by atoms with Gasteiger partial charge in [-0.1, -0.05) is 4.68 Å². The van der Waals surface area contributed by atoms with Crippen LogP contribution in [0, 0.1) is 0 Å². The van der Waals surface area contributed by atoms with Gasteiger partial charge in [0.15, 0.2) is 6.54 Å². The lowest BCUT2D eigenvalue weighted by Crippen LogP contribution is -2.32. The Kier molecular flexibility index (Phi) is 1.02. The second-order valence-electron chi connectivity index (χ2n) is 2.10. The summed E-state index contributed by atoms with van der Waals surface area (Å²) in [6.45, 7) is 2.43. The lowest BCUT2D eigenvalue weighted by Gasteiger charge is -2.05. The van der Waals surface area contributed by atoms with Gasteiger partial charge in [-0.3, -0.25) is 0 Å². The molecule has 2 heterocycles. The molecule has 47 valence electrons. The van der Waals surface area contributed by atoms with Crippen LogP contribution in [0.3, 0.4) is 0 Å². The number of hydrogen-bond acceptors (Lipinski definition) is 1. The van der Waals surface area contributed by atoms with Gasteiger partial charge in [-0.25, -0.2) is 0 Å². The first-order valence-electron chi connectivity index (χ1n) is 3.05. The van der Waals surface area contributed by atoms with Gasteiger partial charge >= 0.3 is 0 Å². The second-order valence-corrected chi connectivity index (χ2v) is 2.10. The summed E-state index contributed by atoms with van der Waals surface area (Å²) < 4.78 is 7.17. The summed E-state index contributed by atoms with van der Waals surface area (Å²) in [5.41, 5.74) is 5.28. The predicted octanol–water partition coefficient (Wildman–Crippen LogP) is -0.483. The lowest BCUT2D eigenvalue weighted by molar-refractivity contribution is -0.586. The minimum Gasteiger partial charge on any atom is -0.364 e. The van der Waals surface area contributed by atoms with Crippen molar-refractivity contribution in [1.29, 1.82) is 0 Å². The highest BCUT2D eigenvalue weighted by Gasteiger charge is 2.22. The molecule has 1 radical (unpaired) electrons. The third-order valence-corrected chi connectivity index (χ3v) is 1.50. The Morgan fingerprint density at radius 3 is 3.56 bits per heavy atom. The lowest BCUT2D eigenvalue weighted by atomic mass is 10.4. The molecule has 0 N–H and O–H groups in total. The van der Waals surface area contributed by atoms with Gasteiger partial charge in [0.1, 0.15) is 19.4 Å². The molecule has 2 aliphatic rings. The molecule has 0 saturated carbocycles. The van der Waals surface area contributed by atoms with E-state index in [1.807, 2.05) is 17.0 Å². The molecule has 9 heavy (non-hydrogen) atoms. The Morgan fingerprint density at radius 1 is 1.67 bits per heavy atom. The molecule has 0 bridgehead atoms. The molecule has 0 aromatic carbocycles. The summed E-state index contributed by atoms with van der Waals surface area (Å²) in [5.74, 6) is 0. The standard InChI is InChI=1S/C6H8N2O/c1-2-7-8-3-4-9-5-6(1)8/h1-2H,3-5H2/q+1. The summed E-state index contributed by atoms with van der Waals surface area (Å²) in [6.07, 6.45) is 3.79. The van der Waals surface area contributed by atoms with E-state index < -0.39 is 0 Å². The van der Waals surface area contributed by atoms with Crippen LogP contribution < -0.4 is 5.43 Å². The molecule has 0 aromatic rings.